The molecule has 0 aliphatic carbocycles. The highest BCUT2D eigenvalue weighted by Gasteiger charge is 2.02. The number of hydrogen-bond donors (Lipinski definition) is 1. The number of nitrogens with one attached hydrogen (secondary N) is 1. The highest BCUT2D eigenvalue weighted by molar-refractivity contribution is 6.32. The highest BCUT2D eigenvalue weighted by Crippen LogP contribution is 2.25. The van der Waals surface area contributed by atoms with Crippen LogP contribution in [0.5, 0.6) is 5.75 Å². The molecule has 88 valence electrons. The number of carbonyl (C=O) groups excluding carboxylic acids is 1. The Hall–Kier alpha value is -1.26. The molecule has 0 unspecified atom stereocenters. The van der Waals surface area contributed by atoms with E-state index in [4.69, 9.17) is 21.2 Å². The van der Waals surface area contributed by atoms with Gasteiger partial charge in [-0.2, -0.15) is 0 Å². The average molecular weight is 244 g/mol. The molecular weight excluding hydrogens is 230 g/mol. The number of halogens is 1. The van der Waals surface area contributed by atoms with Gasteiger partial charge in [-0.3, -0.25) is 9.63 Å². The summed E-state index contributed by atoms with van der Waals surface area (Å²) in [5.74, 6) is 0.407. The molecular formula is C11H14ClNO3. The minimum atomic E-state index is -0.239. The molecule has 1 amide bonds. The maximum absolute atomic E-state index is 10.6. The Morgan fingerprint density at radius 2 is 2.25 bits per heavy atom. The Balaban J connectivity index is 2.55. The lowest BCUT2D eigenvalue weighted by Crippen LogP contribution is -2.19. The molecule has 1 rings (SSSR count). The molecule has 0 aliphatic rings. The van der Waals surface area contributed by atoms with E-state index in [1.54, 1.807) is 12.1 Å². The average Bonchev–Trinajstić information content (AvgIpc) is 2.21. The lowest BCUT2D eigenvalue weighted by molar-refractivity contribution is -0.132. The van der Waals surface area contributed by atoms with Gasteiger partial charge in [-0.15, -0.1) is 0 Å². The number of benzene rings is 1. The van der Waals surface area contributed by atoms with Crippen LogP contribution in [0, 0.1) is 0 Å². The van der Waals surface area contributed by atoms with Crippen molar-refractivity contribution in [2.45, 2.75) is 20.5 Å². The second-order valence-electron chi connectivity index (χ2n) is 3.14. The monoisotopic (exact) mass is 243 g/mol. The summed E-state index contributed by atoms with van der Waals surface area (Å²) in [4.78, 5) is 15.5. The molecule has 0 atom stereocenters. The van der Waals surface area contributed by atoms with Gasteiger partial charge in [-0.1, -0.05) is 17.7 Å². The van der Waals surface area contributed by atoms with Crippen molar-refractivity contribution >= 4 is 17.5 Å². The van der Waals surface area contributed by atoms with Crippen LogP contribution in [0.25, 0.3) is 0 Å². The first-order valence-corrected chi connectivity index (χ1v) is 5.31. The fourth-order valence-electron chi connectivity index (χ4n) is 1.13. The minimum Gasteiger partial charge on any atom is -0.492 e. The predicted molar refractivity (Wildman–Crippen MR) is 61.2 cm³/mol. The van der Waals surface area contributed by atoms with Crippen LogP contribution in [-0.2, 0) is 16.2 Å². The molecule has 0 saturated heterocycles. The van der Waals surface area contributed by atoms with Gasteiger partial charge in [0.2, 0.25) is 5.91 Å². The van der Waals surface area contributed by atoms with Crippen molar-refractivity contribution in [3.05, 3.63) is 28.8 Å². The molecule has 0 bridgehead atoms. The van der Waals surface area contributed by atoms with E-state index in [1.165, 1.54) is 6.92 Å². The quantitative estimate of drug-likeness (QED) is 0.808. The lowest BCUT2D eigenvalue weighted by atomic mass is 10.2. The molecule has 0 heterocycles. The zero-order valence-electron chi connectivity index (χ0n) is 9.25. The first-order chi connectivity index (χ1) is 7.63. The molecule has 5 heteroatoms. The fourth-order valence-corrected chi connectivity index (χ4v) is 1.39. The van der Waals surface area contributed by atoms with Crippen molar-refractivity contribution in [1.82, 2.24) is 5.48 Å². The van der Waals surface area contributed by atoms with Gasteiger partial charge in [-0.25, -0.2) is 5.48 Å². The molecule has 0 aromatic heterocycles. The van der Waals surface area contributed by atoms with E-state index >= 15 is 0 Å². The van der Waals surface area contributed by atoms with E-state index in [0.717, 1.165) is 5.56 Å². The van der Waals surface area contributed by atoms with Gasteiger partial charge in [-0.05, 0) is 24.6 Å². The van der Waals surface area contributed by atoms with Crippen LogP contribution >= 0.6 is 11.6 Å². The topological polar surface area (TPSA) is 47.6 Å². The van der Waals surface area contributed by atoms with E-state index in [1.807, 2.05) is 13.0 Å². The molecule has 1 N–H and O–H groups in total. The third-order valence-corrected chi connectivity index (χ3v) is 2.05. The molecule has 0 aliphatic heterocycles. The molecule has 0 spiro atoms. The van der Waals surface area contributed by atoms with E-state index in [9.17, 15) is 4.79 Å². The van der Waals surface area contributed by atoms with Gasteiger partial charge in [0.15, 0.2) is 0 Å². The summed E-state index contributed by atoms with van der Waals surface area (Å²) in [5.41, 5.74) is 3.10. The van der Waals surface area contributed by atoms with Crippen LogP contribution in [0.4, 0.5) is 0 Å². The van der Waals surface area contributed by atoms with Crippen LogP contribution in [0.2, 0.25) is 5.02 Å². The standard InChI is InChI=1S/C11H14ClNO3/c1-3-15-11-5-4-9(6-10(11)12)7-16-13-8(2)14/h4-6H,3,7H2,1-2H3,(H,13,14). The van der Waals surface area contributed by atoms with Gasteiger partial charge in [0.25, 0.3) is 0 Å². The van der Waals surface area contributed by atoms with Crippen molar-refractivity contribution in [1.29, 1.82) is 0 Å². The van der Waals surface area contributed by atoms with Crippen molar-refractivity contribution in [2.24, 2.45) is 0 Å². The first kappa shape index (κ1) is 12.8. The largest absolute Gasteiger partial charge is 0.492 e. The molecule has 0 saturated carbocycles. The van der Waals surface area contributed by atoms with Gasteiger partial charge < -0.3 is 4.74 Å². The zero-order valence-corrected chi connectivity index (χ0v) is 10.0. The third-order valence-electron chi connectivity index (χ3n) is 1.75. The van der Waals surface area contributed by atoms with E-state index in [0.29, 0.717) is 17.4 Å². The molecule has 16 heavy (non-hydrogen) atoms. The summed E-state index contributed by atoms with van der Waals surface area (Å²) in [6.45, 7) is 4.11. The fraction of sp³-hybridized carbons (Fsp3) is 0.364. The van der Waals surface area contributed by atoms with Crippen LogP contribution < -0.4 is 10.2 Å². The molecule has 1 aromatic carbocycles. The van der Waals surface area contributed by atoms with Crippen molar-refractivity contribution in [2.75, 3.05) is 6.61 Å². The van der Waals surface area contributed by atoms with E-state index in [-0.39, 0.29) is 12.5 Å². The van der Waals surface area contributed by atoms with Gasteiger partial charge in [0.1, 0.15) is 5.75 Å². The maximum atomic E-state index is 10.6. The Morgan fingerprint density at radius 3 is 2.81 bits per heavy atom. The smallest absolute Gasteiger partial charge is 0.240 e. The van der Waals surface area contributed by atoms with Crippen molar-refractivity contribution < 1.29 is 14.4 Å². The number of amides is 1. The summed E-state index contributed by atoms with van der Waals surface area (Å²) >= 11 is 5.98. The summed E-state index contributed by atoms with van der Waals surface area (Å²) in [6, 6.07) is 5.35. The Bertz CT molecular complexity index is 368. The number of carbonyl (C=O) groups is 1. The summed E-state index contributed by atoms with van der Waals surface area (Å²) in [5, 5.41) is 0.533. The van der Waals surface area contributed by atoms with Crippen LogP contribution in [0.1, 0.15) is 19.4 Å². The SMILES string of the molecule is CCOc1ccc(CONC(C)=O)cc1Cl. The summed E-state index contributed by atoms with van der Waals surface area (Å²) < 4.78 is 5.29. The Morgan fingerprint density at radius 1 is 1.50 bits per heavy atom. The second-order valence-corrected chi connectivity index (χ2v) is 3.55. The Kier molecular flexibility index (Phi) is 5.08. The summed E-state index contributed by atoms with van der Waals surface area (Å²) in [6.07, 6.45) is 0. The highest BCUT2D eigenvalue weighted by atomic mass is 35.5. The Labute approximate surface area is 99.5 Å². The lowest BCUT2D eigenvalue weighted by Gasteiger charge is -2.08. The zero-order chi connectivity index (χ0) is 12.0. The molecule has 1 aromatic rings. The van der Waals surface area contributed by atoms with Gasteiger partial charge in [0, 0.05) is 6.92 Å². The van der Waals surface area contributed by atoms with Crippen molar-refractivity contribution in [3.8, 4) is 5.75 Å². The number of ether oxygens (including phenoxy) is 1. The number of rotatable bonds is 5. The summed E-state index contributed by atoms with van der Waals surface area (Å²) in [7, 11) is 0. The molecule has 0 radical (unpaired) electrons. The van der Waals surface area contributed by atoms with Gasteiger partial charge in [0.05, 0.1) is 18.2 Å². The third kappa shape index (κ3) is 4.08. The number of hydrogen-bond acceptors (Lipinski definition) is 3. The minimum absolute atomic E-state index is 0.239. The normalized spacial score (nSPS) is 9.94. The number of hydroxylamine groups is 1. The van der Waals surface area contributed by atoms with Crippen LogP contribution in [0.3, 0.4) is 0 Å². The first-order valence-electron chi connectivity index (χ1n) is 4.93. The predicted octanol–water partition coefficient (Wildman–Crippen LogP) is 2.31. The van der Waals surface area contributed by atoms with Gasteiger partial charge >= 0.3 is 0 Å². The van der Waals surface area contributed by atoms with E-state index in [2.05, 4.69) is 5.48 Å². The van der Waals surface area contributed by atoms with Crippen LogP contribution in [-0.4, -0.2) is 12.5 Å². The molecule has 0 fully saturated rings. The van der Waals surface area contributed by atoms with E-state index < -0.39 is 0 Å². The van der Waals surface area contributed by atoms with Crippen LogP contribution in [0.15, 0.2) is 18.2 Å². The second kappa shape index (κ2) is 6.35. The molecule has 4 nitrogen and oxygen atoms in total. The maximum Gasteiger partial charge on any atom is 0.240 e. The van der Waals surface area contributed by atoms with Crippen molar-refractivity contribution in [3.63, 3.8) is 0 Å².